The minimum Gasteiger partial charge on any atom is -0.481 e. The summed E-state index contributed by atoms with van der Waals surface area (Å²) in [5, 5.41) is 2.85. The number of para-hydroxylation sites is 2. The first-order valence-corrected chi connectivity index (χ1v) is 9.01. The van der Waals surface area contributed by atoms with Crippen molar-refractivity contribution in [3.8, 4) is 5.75 Å². The van der Waals surface area contributed by atoms with Crippen LogP contribution < -0.4 is 10.1 Å². The molecule has 0 unspecified atom stereocenters. The highest BCUT2D eigenvalue weighted by atomic mass is 16.5. The van der Waals surface area contributed by atoms with Gasteiger partial charge in [-0.2, -0.15) is 0 Å². The lowest BCUT2D eigenvalue weighted by Crippen LogP contribution is -2.34. The van der Waals surface area contributed by atoms with Gasteiger partial charge in [-0.1, -0.05) is 37.3 Å². The van der Waals surface area contributed by atoms with E-state index in [1.807, 2.05) is 51.1 Å². The summed E-state index contributed by atoms with van der Waals surface area (Å²) in [4.78, 5) is 27.1. The van der Waals surface area contributed by atoms with Crippen LogP contribution in [0.15, 0.2) is 54.6 Å². The van der Waals surface area contributed by atoms with Gasteiger partial charge in [-0.05, 0) is 44.5 Å². The highest BCUT2D eigenvalue weighted by molar-refractivity contribution is 6.04. The molecule has 0 fully saturated rings. The Kier molecular flexibility index (Phi) is 7.21. The number of hydrogen-bond donors (Lipinski definition) is 1. The largest absolute Gasteiger partial charge is 0.481 e. The van der Waals surface area contributed by atoms with Crippen LogP contribution in [0.3, 0.4) is 0 Å². The van der Waals surface area contributed by atoms with Gasteiger partial charge in [-0.3, -0.25) is 9.59 Å². The molecule has 0 radical (unpaired) electrons. The summed E-state index contributed by atoms with van der Waals surface area (Å²) in [6.45, 7) is 6.99. The molecular formula is C21H26N2O3. The molecule has 0 spiro atoms. The van der Waals surface area contributed by atoms with Gasteiger partial charge >= 0.3 is 0 Å². The Labute approximate surface area is 155 Å². The van der Waals surface area contributed by atoms with E-state index in [1.165, 1.54) is 0 Å². The fourth-order valence-corrected chi connectivity index (χ4v) is 2.66. The third-order valence-corrected chi connectivity index (χ3v) is 4.15. The number of hydrogen-bond acceptors (Lipinski definition) is 3. The van der Waals surface area contributed by atoms with Gasteiger partial charge in [0.1, 0.15) is 5.75 Å². The SMILES string of the molecule is CC[C@H](Oc1ccccc1)C(=O)Nc1ccccc1C(=O)N(CC)CC. The normalized spacial score (nSPS) is 11.5. The molecule has 0 heterocycles. The number of rotatable bonds is 8. The molecule has 2 aromatic rings. The number of amides is 2. The van der Waals surface area contributed by atoms with E-state index in [0.717, 1.165) is 0 Å². The van der Waals surface area contributed by atoms with Crippen LogP contribution in [0.2, 0.25) is 0 Å². The van der Waals surface area contributed by atoms with E-state index in [9.17, 15) is 9.59 Å². The summed E-state index contributed by atoms with van der Waals surface area (Å²) in [5.74, 6) is 0.279. The molecule has 26 heavy (non-hydrogen) atoms. The lowest BCUT2D eigenvalue weighted by molar-refractivity contribution is -0.122. The molecule has 138 valence electrons. The molecule has 0 saturated carbocycles. The molecule has 2 amide bonds. The summed E-state index contributed by atoms with van der Waals surface area (Å²) >= 11 is 0. The summed E-state index contributed by atoms with van der Waals surface area (Å²) in [6.07, 6.45) is -0.110. The van der Waals surface area contributed by atoms with Crippen LogP contribution in [0.25, 0.3) is 0 Å². The van der Waals surface area contributed by atoms with Crippen molar-refractivity contribution in [1.82, 2.24) is 4.90 Å². The third kappa shape index (κ3) is 4.85. The zero-order valence-corrected chi connectivity index (χ0v) is 15.6. The van der Waals surface area contributed by atoms with Crippen molar-refractivity contribution in [2.45, 2.75) is 33.3 Å². The van der Waals surface area contributed by atoms with Crippen molar-refractivity contribution in [1.29, 1.82) is 0 Å². The number of nitrogens with one attached hydrogen (secondary N) is 1. The molecule has 1 N–H and O–H groups in total. The molecule has 1 atom stereocenters. The first-order valence-electron chi connectivity index (χ1n) is 9.01. The molecule has 0 aromatic heterocycles. The van der Waals surface area contributed by atoms with Crippen molar-refractivity contribution >= 4 is 17.5 Å². The summed E-state index contributed by atoms with van der Waals surface area (Å²) in [6, 6.07) is 16.3. The Bertz CT molecular complexity index is 727. The van der Waals surface area contributed by atoms with Crippen LogP contribution >= 0.6 is 0 Å². The summed E-state index contributed by atoms with van der Waals surface area (Å²) in [7, 11) is 0. The number of anilines is 1. The van der Waals surface area contributed by atoms with Crippen LogP contribution in [0, 0.1) is 0 Å². The Morgan fingerprint density at radius 1 is 0.962 bits per heavy atom. The van der Waals surface area contributed by atoms with Gasteiger partial charge in [-0.25, -0.2) is 0 Å². The predicted octanol–water partition coefficient (Wildman–Crippen LogP) is 3.96. The maximum absolute atomic E-state index is 12.7. The lowest BCUT2D eigenvalue weighted by Gasteiger charge is -2.22. The highest BCUT2D eigenvalue weighted by Crippen LogP contribution is 2.19. The van der Waals surface area contributed by atoms with Gasteiger partial charge in [0.25, 0.3) is 11.8 Å². The fourth-order valence-electron chi connectivity index (χ4n) is 2.66. The van der Waals surface area contributed by atoms with Gasteiger partial charge in [0.15, 0.2) is 6.10 Å². The molecule has 5 heteroatoms. The minimum atomic E-state index is -0.631. The minimum absolute atomic E-state index is 0.0945. The Hall–Kier alpha value is -2.82. The molecule has 2 rings (SSSR count). The lowest BCUT2D eigenvalue weighted by atomic mass is 10.1. The maximum atomic E-state index is 12.7. The Balaban J connectivity index is 2.16. The van der Waals surface area contributed by atoms with Gasteiger partial charge in [0.05, 0.1) is 11.3 Å². The fraction of sp³-hybridized carbons (Fsp3) is 0.333. The molecule has 5 nitrogen and oxygen atoms in total. The van der Waals surface area contributed by atoms with Crippen molar-refractivity contribution in [2.24, 2.45) is 0 Å². The first-order chi connectivity index (χ1) is 12.6. The van der Waals surface area contributed by atoms with E-state index >= 15 is 0 Å². The van der Waals surface area contributed by atoms with Crippen LogP contribution in [-0.2, 0) is 4.79 Å². The number of ether oxygens (including phenoxy) is 1. The van der Waals surface area contributed by atoms with Crippen molar-refractivity contribution in [3.63, 3.8) is 0 Å². The summed E-state index contributed by atoms with van der Waals surface area (Å²) < 4.78 is 5.78. The van der Waals surface area contributed by atoms with Crippen molar-refractivity contribution < 1.29 is 14.3 Å². The van der Waals surface area contributed by atoms with E-state index in [0.29, 0.717) is 36.5 Å². The zero-order valence-electron chi connectivity index (χ0n) is 15.6. The van der Waals surface area contributed by atoms with Crippen molar-refractivity contribution in [2.75, 3.05) is 18.4 Å². The van der Waals surface area contributed by atoms with Crippen LogP contribution in [0.4, 0.5) is 5.69 Å². The van der Waals surface area contributed by atoms with E-state index < -0.39 is 6.10 Å². The van der Waals surface area contributed by atoms with Gasteiger partial charge in [0.2, 0.25) is 0 Å². The van der Waals surface area contributed by atoms with E-state index in [1.54, 1.807) is 29.2 Å². The maximum Gasteiger partial charge on any atom is 0.265 e. The number of carbonyl (C=O) groups excluding carboxylic acids is 2. The average Bonchev–Trinajstić information content (AvgIpc) is 2.68. The zero-order chi connectivity index (χ0) is 18.9. The number of carbonyl (C=O) groups is 2. The number of benzene rings is 2. The van der Waals surface area contributed by atoms with Crippen LogP contribution in [-0.4, -0.2) is 35.9 Å². The molecule has 0 saturated heterocycles. The topological polar surface area (TPSA) is 58.6 Å². The van der Waals surface area contributed by atoms with Gasteiger partial charge in [-0.15, -0.1) is 0 Å². The second-order valence-corrected chi connectivity index (χ2v) is 5.84. The Morgan fingerprint density at radius 2 is 1.58 bits per heavy atom. The standard InChI is InChI=1S/C21H26N2O3/c1-4-19(26-16-12-8-7-9-13-16)20(24)22-18-15-11-10-14-17(18)21(25)23(5-2)6-3/h7-15,19H,4-6H2,1-3H3,(H,22,24)/t19-/m0/s1. The monoisotopic (exact) mass is 354 g/mol. The molecule has 0 aliphatic heterocycles. The van der Waals surface area contributed by atoms with Crippen LogP contribution in [0.1, 0.15) is 37.6 Å². The molecule has 0 bridgehead atoms. The quantitative estimate of drug-likeness (QED) is 0.780. The highest BCUT2D eigenvalue weighted by Gasteiger charge is 2.22. The third-order valence-electron chi connectivity index (χ3n) is 4.15. The van der Waals surface area contributed by atoms with Gasteiger partial charge < -0.3 is 15.0 Å². The first kappa shape index (κ1) is 19.5. The molecule has 2 aromatic carbocycles. The molecular weight excluding hydrogens is 328 g/mol. The van der Waals surface area contributed by atoms with E-state index in [4.69, 9.17) is 4.74 Å². The smallest absolute Gasteiger partial charge is 0.265 e. The van der Waals surface area contributed by atoms with Crippen molar-refractivity contribution in [3.05, 3.63) is 60.2 Å². The second kappa shape index (κ2) is 9.61. The Morgan fingerprint density at radius 3 is 2.19 bits per heavy atom. The van der Waals surface area contributed by atoms with Gasteiger partial charge in [0, 0.05) is 13.1 Å². The van der Waals surface area contributed by atoms with E-state index in [-0.39, 0.29) is 11.8 Å². The second-order valence-electron chi connectivity index (χ2n) is 5.84. The average molecular weight is 354 g/mol. The van der Waals surface area contributed by atoms with E-state index in [2.05, 4.69) is 5.32 Å². The molecule has 0 aliphatic rings. The molecule has 0 aliphatic carbocycles. The predicted molar refractivity (Wildman–Crippen MR) is 103 cm³/mol. The summed E-state index contributed by atoms with van der Waals surface area (Å²) in [5.41, 5.74) is 0.989. The van der Waals surface area contributed by atoms with Crippen LogP contribution in [0.5, 0.6) is 5.75 Å². The number of nitrogens with zero attached hydrogens (tertiary/aromatic N) is 1.